The maximum absolute atomic E-state index is 12.5. The maximum Gasteiger partial charge on any atom is 0.251 e. The predicted molar refractivity (Wildman–Crippen MR) is 134 cm³/mol. The van der Waals surface area contributed by atoms with Gasteiger partial charge in [-0.1, -0.05) is 0 Å². The highest BCUT2D eigenvalue weighted by Crippen LogP contribution is 2.29. The van der Waals surface area contributed by atoms with Gasteiger partial charge in [0.2, 0.25) is 5.91 Å². The van der Waals surface area contributed by atoms with E-state index in [-0.39, 0.29) is 17.4 Å². The van der Waals surface area contributed by atoms with Crippen molar-refractivity contribution >= 4 is 34.5 Å². The SMILES string of the molecule is COc1cnc2ccc(=O)n(CCN3C[C@H](CNCc4ccc5c(n4)NC(=O)CS5)[C@H](O)C3)c2c1. The number of nitrogens with zero attached hydrogens (tertiary/aromatic N) is 4. The molecule has 10 nitrogen and oxygen atoms in total. The van der Waals surface area contributed by atoms with Crippen LogP contribution in [0, 0.1) is 5.92 Å². The van der Waals surface area contributed by atoms with Gasteiger partial charge in [-0.25, -0.2) is 4.98 Å². The zero-order valence-electron chi connectivity index (χ0n) is 19.4. The van der Waals surface area contributed by atoms with Crippen LogP contribution < -0.4 is 20.9 Å². The Morgan fingerprint density at radius 1 is 1.23 bits per heavy atom. The van der Waals surface area contributed by atoms with E-state index in [1.165, 1.54) is 17.8 Å². The minimum atomic E-state index is -0.444. The first kappa shape index (κ1) is 23.7. The molecule has 35 heavy (non-hydrogen) atoms. The van der Waals surface area contributed by atoms with E-state index < -0.39 is 6.10 Å². The number of fused-ring (bicyclic) bond motifs is 2. The Morgan fingerprint density at radius 3 is 2.97 bits per heavy atom. The number of methoxy groups -OCH3 is 1. The summed E-state index contributed by atoms with van der Waals surface area (Å²) in [6, 6.07) is 9.02. The quantitative estimate of drug-likeness (QED) is 0.418. The molecular weight excluding hydrogens is 468 g/mol. The number of hydrogen-bond acceptors (Lipinski definition) is 9. The molecule has 2 atom stereocenters. The number of carbonyl (C=O) groups excluding carboxylic acids is 1. The van der Waals surface area contributed by atoms with Gasteiger partial charge in [0.05, 0.1) is 46.8 Å². The molecule has 1 amide bonds. The summed E-state index contributed by atoms with van der Waals surface area (Å²) in [5.74, 6) is 1.69. The summed E-state index contributed by atoms with van der Waals surface area (Å²) in [4.78, 5) is 36.2. The van der Waals surface area contributed by atoms with Crippen LogP contribution in [0.1, 0.15) is 5.69 Å². The second-order valence-electron chi connectivity index (χ2n) is 8.81. The van der Waals surface area contributed by atoms with Crippen LogP contribution in [0.15, 0.2) is 46.2 Å². The zero-order chi connectivity index (χ0) is 24.4. The van der Waals surface area contributed by atoms with Crippen molar-refractivity contribution in [2.45, 2.75) is 24.1 Å². The van der Waals surface area contributed by atoms with E-state index in [0.717, 1.165) is 28.2 Å². The summed E-state index contributed by atoms with van der Waals surface area (Å²) in [7, 11) is 1.58. The lowest BCUT2D eigenvalue weighted by molar-refractivity contribution is -0.113. The summed E-state index contributed by atoms with van der Waals surface area (Å²) >= 11 is 1.49. The Hall–Kier alpha value is -2.99. The normalized spacial score (nSPS) is 20.1. The zero-order valence-corrected chi connectivity index (χ0v) is 20.3. The fourth-order valence-corrected chi connectivity index (χ4v) is 5.30. The predicted octanol–water partition coefficient (Wildman–Crippen LogP) is 0.927. The molecule has 0 saturated carbocycles. The first-order valence-corrected chi connectivity index (χ1v) is 12.6. The Labute approximate surface area is 206 Å². The van der Waals surface area contributed by atoms with Gasteiger partial charge in [-0.3, -0.25) is 19.5 Å². The minimum Gasteiger partial charge on any atom is -0.495 e. The van der Waals surface area contributed by atoms with Crippen molar-refractivity contribution in [1.82, 2.24) is 24.8 Å². The van der Waals surface area contributed by atoms with Gasteiger partial charge in [0.25, 0.3) is 5.56 Å². The molecule has 0 bridgehead atoms. The highest BCUT2D eigenvalue weighted by atomic mass is 32.2. The number of thioether (sulfide) groups is 1. The van der Waals surface area contributed by atoms with E-state index in [1.54, 1.807) is 23.9 Å². The number of pyridine rings is 3. The number of likely N-dealkylation sites (tertiary alicyclic amines) is 1. The number of aromatic nitrogens is 3. The molecule has 184 valence electrons. The van der Waals surface area contributed by atoms with Gasteiger partial charge in [0, 0.05) is 57.3 Å². The molecule has 0 spiro atoms. The number of amides is 1. The highest BCUT2D eigenvalue weighted by Gasteiger charge is 2.30. The van der Waals surface area contributed by atoms with Gasteiger partial charge in [0.1, 0.15) is 11.6 Å². The molecule has 1 fully saturated rings. The molecule has 3 N–H and O–H groups in total. The molecule has 3 aromatic heterocycles. The van der Waals surface area contributed by atoms with Crippen LogP contribution in [0.25, 0.3) is 11.0 Å². The van der Waals surface area contributed by atoms with Gasteiger partial charge < -0.3 is 25.0 Å². The van der Waals surface area contributed by atoms with E-state index in [4.69, 9.17) is 4.74 Å². The third kappa shape index (κ3) is 5.32. The van der Waals surface area contributed by atoms with Gasteiger partial charge in [0.15, 0.2) is 0 Å². The minimum absolute atomic E-state index is 0.0320. The van der Waals surface area contributed by atoms with E-state index in [2.05, 4.69) is 25.5 Å². The summed E-state index contributed by atoms with van der Waals surface area (Å²) in [6.07, 6.45) is 1.20. The summed E-state index contributed by atoms with van der Waals surface area (Å²) in [5, 5.41) is 16.8. The van der Waals surface area contributed by atoms with Crippen molar-refractivity contribution in [2.75, 3.05) is 44.4 Å². The van der Waals surface area contributed by atoms with Gasteiger partial charge >= 0.3 is 0 Å². The topological polar surface area (TPSA) is 122 Å². The number of ether oxygens (including phenoxy) is 1. The van der Waals surface area contributed by atoms with Crippen molar-refractivity contribution in [3.8, 4) is 5.75 Å². The molecule has 0 unspecified atom stereocenters. The van der Waals surface area contributed by atoms with E-state index >= 15 is 0 Å². The van der Waals surface area contributed by atoms with Crippen LogP contribution >= 0.6 is 11.8 Å². The fraction of sp³-hybridized carbons (Fsp3) is 0.417. The molecule has 5 heterocycles. The molecular formula is C24H28N6O4S. The lowest BCUT2D eigenvalue weighted by Gasteiger charge is -2.18. The molecule has 3 aromatic rings. The van der Waals surface area contributed by atoms with Gasteiger partial charge in [-0.2, -0.15) is 0 Å². The number of hydrogen-bond donors (Lipinski definition) is 3. The monoisotopic (exact) mass is 496 g/mol. The average molecular weight is 497 g/mol. The molecule has 2 aliphatic heterocycles. The number of aliphatic hydroxyl groups is 1. The van der Waals surface area contributed by atoms with Crippen molar-refractivity contribution in [1.29, 1.82) is 0 Å². The molecule has 1 saturated heterocycles. The Kier molecular flexibility index (Phi) is 7.00. The molecule has 0 aliphatic carbocycles. The van der Waals surface area contributed by atoms with Gasteiger partial charge in [-0.05, 0) is 18.2 Å². The van der Waals surface area contributed by atoms with E-state index in [0.29, 0.717) is 50.0 Å². The maximum atomic E-state index is 12.5. The number of rotatable bonds is 8. The third-order valence-corrected chi connectivity index (χ3v) is 7.46. The molecule has 11 heteroatoms. The number of β-amino-alcohol motifs (C(OH)–C–C–N with tert-alkyl or cyclic N) is 1. The summed E-state index contributed by atoms with van der Waals surface area (Å²) in [5.41, 5.74) is 2.23. The Bertz CT molecular complexity index is 1300. The van der Waals surface area contributed by atoms with Gasteiger partial charge in [-0.15, -0.1) is 11.8 Å². The second-order valence-corrected chi connectivity index (χ2v) is 9.82. The Balaban J connectivity index is 1.16. The average Bonchev–Trinajstić information content (AvgIpc) is 3.21. The van der Waals surface area contributed by atoms with Crippen LogP contribution in [0.2, 0.25) is 0 Å². The van der Waals surface area contributed by atoms with Crippen molar-refractivity contribution < 1.29 is 14.6 Å². The standard InChI is InChI=1S/C24H28N6O4S/c1-34-17-8-19-18(26-11-17)3-5-23(33)30(19)7-6-29-12-15(20(31)13-29)9-25-10-16-2-4-21-24(27-16)28-22(32)14-35-21/h2-5,8,11,15,20,25,31H,6-7,9-10,12-14H2,1H3,(H,27,28,32)/t15-,20+/m0/s1. The smallest absolute Gasteiger partial charge is 0.251 e. The number of anilines is 1. The van der Waals surface area contributed by atoms with Crippen LogP contribution in [0.5, 0.6) is 5.75 Å². The van der Waals surface area contributed by atoms with Crippen LogP contribution in [-0.2, 0) is 17.9 Å². The lowest BCUT2D eigenvalue weighted by Crippen LogP contribution is -2.31. The molecule has 2 aliphatic rings. The largest absolute Gasteiger partial charge is 0.495 e. The van der Waals surface area contributed by atoms with E-state index in [1.807, 2.05) is 18.2 Å². The third-order valence-electron chi connectivity index (χ3n) is 6.42. The van der Waals surface area contributed by atoms with Crippen molar-refractivity contribution in [2.24, 2.45) is 5.92 Å². The fourth-order valence-electron chi connectivity index (χ4n) is 4.55. The highest BCUT2D eigenvalue weighted by molar-refractivity contribution is 8.00. The summed E-state index contributed by atoms with van der Waals surface area (Å²) < 4.78 is 6.98. The number of carbonyl (C=O) groups is 1. The Morgan fingerprint density at radius 2 is 2.11 bits per heavy atom. The first-order valence-electron chi connectivity index (χ1n) is 11.6. The van der Waals surface area contributed by atoms with Crippen LogP contribution in [-0.4, -0.2) is 75.6 Å². The second kappa shape index (κ2) is 10.3. The van der Waals surface area contributed by atoms with Crippen LogP contribution in [0.3, 0.4) is 0 Å². The molecule has 5 rings (SSSR count). The van der Waals surface area contributed by atoms with Crippen molar-refractivity contribution in [3.05, 3.63) is 52.6 Å². The molecule has 0 radical (unpaired) electrons. The lowest BCUT2D eigenvalue weighted by atomic mass is 10.1. The van der Waals surface area contributed by atoms with E-state index in [9.17, 15) is 14.7 Å². The van der Waals surface area contributed by atoms with Crippen LogP contribution in [0.4, 0.5) is 5.82 Å². The van der Waals surface area contributed by atoms with Crippen molar-refractivity contribution in [3.63, 3.8) is 0 Å². The first-order chi connectivity index (χ1) is 17.0. The summed E-state index contributed by atoms with van der Waals surface area (Å²) in [6.45, 7) is 3.64. The number of nitrogens with one attached hydrogen (secondary N) is 2. The molecule has 0 aromatic carbocycles. The number of aliphatic hydroxyl groups excluding tert-OH is 1.